The third-order valence-corrected chi connectivity index (χ3v) is 3.76. The van der Waals surface area contributed by atoms with Crippen LogP contribution in [0.15, 0.2) is 33.3 Å². The van der Waals surface area contributed by atoms with Crippen molar-refractivity contribution in [2.45, 2.75) is 25.3 Å². The van der Waals surface area contributed by atoms with Gasteiger partial charge in [0.25, 0.3) is 0 Å². The molecule has 1 aromatic carbocycles. The molecule has 100 valence electrons. The highest BCUT2D eigenvalue weighted by Gasteiger charge is 2.20. The molecule has 0 aliphatic heterocycles. The maximum atomic E-state index is 13.0. The Labute approximate surface area is 119 Å². The van der Waals surface area contributed by atoms with E-state index in [0.29, 0.717) is 22.2 Å². The number of nitrogens with zero attached hydrogens (tertiary/aromatic N) is 1. The average Bonchev–Trinajstić information content (AvgIpc) is 3.07. The molecule has 0 atom stereocenters. The summed E-state index contributed by atoms with van der Waals surface area (Å²) in [6.07, 6.45) is 5.01. The molecule has 5 heteroatoms. The van der Waals surface area contributed by atoms with Crippen molar-refractivity contribution in [1.29, 1.82) is 0 Å². The third-order valence-electron chi connectivity index (χ3n) is 3.10. The molecule has 1 fully saturated rings. The van der Waals surface area contributed by atoms with Crippen molar-refractivity contribution in [2.75, 3.05) is 6.54 Å². The van der Waals surface area contributed by atoms with Crippen molar-refractivity contribution in [3.05, 3.63) is 40.6 Å². The molecule has 0 radical (unpaired) electrons. The maximum absolute atomic E-state index is 13.0. The number of aromatic nitrogens is 1. The number of oxazole rings is 1. The molecule has 1 heterocycles. The van der Waals surface area contributed by atoms with E-state index in [1.807, 2.05) is 0 Å². The minimum atomic E-state index is -0.274. The summed E-state index contributed by atoms with van der Waals surface area (Å²) in [5.41, 5.74) is 0.815. The monoisotopic (exact) mass is 324 g/mol. The van der Waals surface area contributed by atoms with Crippen LogP contribution in [0.5, 0.6) is 0 Å². The SMILES string of the molecule is Fc1ccc(-c2cnc(CCNC3CC3)o2)c(Br)c1. The van der Waals surface area contributed by atoms with Gasteiger partial charge in [0.1, 0.15) is 5.82 Å². The van der Waals surface area contributed by atoms with Crippen LogP contribution in [0, 0.1) is 5.82 Å². The smallest absolute Gasteiger partial charge is 0.196 e. The summed E-state index contributed by atoms with van der Waals surface area (Å²) in [4.78, 5) is 4.25. The quantitative estimate of drug-likeness (QED) is 0.914. The lowest BCUT2D eigenvalue weighted by Crippen LogP contribution is -2.19. The van der Waals surface area contributed by atoms with Crippen LogP contribution in [0.1, 0.15) is 18.7 Å². The Morgan fingerprint density at radius 1 is 1.42 bits per heavy atom. The predicted octanol–water partition coefficient (Wildman–Crippen LogP) is 3.54. The van der Waals surface area contributed by atoms with Crippen molar-refractivity contribution in [1.82, 2.24) is 10.3 Å². The number of hydrogen-bond donors (Lipinski definition) is 1. The number of halogens is 2. The Hall–Kier alpha value is -1.20. The molecule has 1 saturated carbocycles. The summed E-state index contributed by atoms with van der Waals surface area (Å²) in [5, 5.41) is 3.41. The molecule has 0 unspecified atom stereocenters. The summed E-state index contributed by atoms with van der Waals surface area (Å²) in [7, 11) is 0. The van der Waals surface area contributed by atoms with E-state index >= 15 is 0 Å². The summed E-state index contributed by atoms with van der Waals surface area (Å²) in [6.45, 7) is 0.884. The molecule has 3 rings (SSSR count). The van der Waals surface area contributed by atoms with Gasteiger partial charge in [0.05, 0.1) is 6.20 Å². The van der Waals surface area contributed by atoms with E-state index in [-0.39, 0.29) is 5.82 Å². The highest BCUT2D eigenvalue weighted by Crippen LogP contribution is 2.29. The van der Waals surface area contributed by atoms with E-state index in [9.17, 15) is 4.39 Å². The highest BCUT2D eigenvalue weighted by atomic mass is 79.9. The summed E-state index contributed by atoms with van der Waals surface area (Å²) < 4.78 is 19.4. The van der Waals surface area contributed by atoms with Crippen LogP contribution in [0.4, 0.5) is 4.39 Å². The first-order valence-corrected chi connectivity index (χ1v) is 7.15. The lowest BCUT2D eigenvalue weighted by Gasteiger charge is -2.01. The molecule has 1 aliphatic rings. The fourth-order valence-electron chi connectivity index (χ4n) is 1.91. The molecular weight excluding hydrogens is 311 g/mol. The van der Waals surface area contributed by atoms with Crippen LogP contribution in [-0.2, 0) is 6.42 Å². The summed E-state index contributed by atoms with van der Waals surface area (Å²) >= 11 is 3.33. The molecule has 1 N–H and O–H groups in total. The molecule has 1 aromatic heterocycles. The van der Waals surface area contributed by atoms with Gasteiger partial charge in [-0.2, -0.15) is 0 Å². The van der Waals surface area contributed by atoms with Gasteiger partial charge in [-0.25, -0.2) is 9.37 Å². The van der Waals surface area contributed by atoms with E-state index < -0.39 is 0 Å². The lowest BCUT2D eigenvalue weighted by atomic mass is 10.2. The fraction of sp³-hybridized carbons (Fsp3) is 0.357. The van der Waals surface area contributed by atoms with Gasteiger partial charge in [-0.15, -0.1) is 0 Å². The summed E-state index contributed by atoms with van der Waals surface area (Å²) in [5.74, 6) is 1.09. The fourth-order valence-corrected chi connectivity index (χ4v) is 2.46. The van der Waals surface area contributed by atoms with Crippen molar-refractivity contribution in [3.63, 3.8) is 0 Å². The van der Waals surface area contributed by atoms with Gasteiger partial charge in [-0.3, -0.25) is 0 Å². The molecule has 2 aromatic rings. The Balaban J connectivity index is 1.68. The number of rotatable bonds is 5. The normalized spacial score (nSPS) is 14.8. The second kappa shape index (κ2) is 5.43. The predicted molar refractivity (Wildman–Crippen MR) is 74.3 cm³/mol. The van der Waals surface area contributed by atoms with Gasteiger partial charge < -0.3 is 9.73 Å². The molecule has 0 bridgehead atoms. The van der Waals surface area contributed by atoms with Crippen molar-refractivity contribution in [2.24, 2.45) is 0 Å². The first-order valence-electron chi connectivity index (χ1n) is 6.36. The zero-order valence-electron chi connectivity index (χ0n) is 10.3. The van der Waals surface area contributed by atoms with Gasteiger partial charge in [-0.05, 0) is 47.0 Å². The minimum Gasteiger partial charge on any atom is -0.441 e. The van der Waals surface area contributed by atoms with Gasteiger partial charge in [-0.1, -0.05) is 0 Å². The average molecular weight is 325 g/mol. The molecule has 0 amide bonds. The van der Waals surface area contributed by atoms with Crippen LogP contribution >= 0.6 is 15.9 Å². The first-order chi connectivity index (χ1) is 9.22. The van der Waals surface area contributed by atoms with E-state index in [0.717, 1.165) is 18.5 Å². The molecular formula is C14H14BrFN2O. The van der Waals surface area contributed by atoms with Crippen LogP contribution in [0.25, 0.3) is 11.3 Å². The van der Waals surface area contributed by atoms with Crippen molar-refractivity contribution >= 4 is 15.9 Å². The van der Waals surface area contributed by atoms with E-state index in [1.165, 1.54) is 25.0 Å². The van der Waals surface area contributed by atoms with Crippen LogP contribution in [0.3, 0.4) is 0 Å². The Bertz CT molecular complexity index is 581. The Morgan fingerprint density at radius 2 is 2.26 bits per heavy atom. The largest absolute Gasteiger partial charge is 0.441 e. The Kier molecular flexibility index (Phi) is 3.66. The molecule has 0 spiro atoms. The van der Waals surface area contributed by atoms with E-state index in [4.69, 9.17) is 4.42 Å². The van der Waals surface area contributed by atoms with Crippen LogP contribution in [0.2, 0.25) is 0 Å². The lowest BCUT2D eigenvalue weighted by molar-refractivity contribution is 0.494. The number of hydrogen-bond acceptors (Lipinski definition) is 3. The van der Waals surface area contributed by atoms with E-state index in [2.05, 4.69) is 26.2 Å². The molecule has 0 saturated heterocycles. The third kappa shape index (κ3) is 3.22. The van der Waals surface area contributed by atoms with Crippen LogP contribution < -0.4 is 5.32 Å². The Morgan fingerprint density at radius 3 is 3.00 bits per heavy atom. The highest BCUT2D eigenvalue weighted by molar-refractivity contribution is 9.10. The van der Waals surface area contributed by atoms with Crippen LogP contribution in [-0.4, -0.2) is 17.6 Å². The van der Waals surface area contributed by atoms with Gasteiger partial charge in [0.2, 0.25) is 0 Å². The van der Waals surface area contributed by atoms with Gasteiger partial charge in [0.15, 0.2) is 11.7 Å². The molecule has 19 heavy (non-hydrogen) atoms. The molecule has 1 aliphatic carbocycles. The zero-order chi connectivity index (χ0) is 13.2. The minimum absolute atomic E-state index is 0.274. The second-order valence-corrected chi connectivity index (χ2v) is 5.58. The second-order valence-electron chi connectivity index (χ2n) is 4.72. The summed E-state index contributed by atoms with van der Waals surface area (Å²) in [6, 6.07) is 5.22. The topological polar surface area (TPSA) is 38.1 Å². The van der Waals surface area contributed by atoms with Crippen molar-refractivity contribution in [3.8, 4) is 11.3 Å². The number of benzene rings is 1. The first kappa shape index (κ1) is 12.8. The maximum Gasteiger partial charge on any atom is 0.196 e. The van der Waals surface area contributed by atoms with Gasteiger partial charge in [0, 0.05) is 29.0 Å². The zero-order valence-corrected chi connectivity index (χ0v) is 11.9. The van der Waals surface area contributed by atoms with E-state index in [1.54, 1.807) is 12.3 Å². The standard InChI is InChI=1S/C14H14BrFN2O/c15-12-7-9(16)1-4-11(12)13-8-18-14(19-13)5-6-17-10-2-3-10/h1,4,7-8,10,17H,2-3,5-6H2. The van der Waals surface area contributed by atoms with Crippen molar-refractivity contribution < 1.29 is 8.81 Å². The number of nitrogens with one attached hydrogen (secondary N) is 1. The van der Waals surface area contributed by atoms with Gasteiger partial charge >= 0.3 is 0 Å². The molecule has 3 nitrogen and oxygen atoms in total.